The van der Waals surface area contributed by atoms with E-state index in [1.165, 1.54) is 16.7 Å². The molecule has 0 aliphatic heterocycles. The van der Waals surface area contributed by atoms with E-state index in [-0.39, 0.29) is 5.78 Å². The van der Waals surface area contributed by atoms with Gasteiger partial charge in [0.05, 0.1) is 16.6 Å². The minimum absolute atomic E-state index is 0.0823. The van der Waals surface area contributed by atoms with E-state index in [2.05, 4.69) is 181 Å². The van der Waals surface area contributed by atoms with Gasteiger partial charge < -0.3 is 9.47 Å². The highest BCUT2D eigenvalue weighted by Gasteiger charge is 2.31. The Balaban J connectivity index is 1.13. The fourth-order valence-electron chi connectivity index (χ4n) is 8.33. The predicted molar refractivity (Wildman–Crippen MR) is 225 cm³/mol. The molecule has 0 unspecified atom stereocenters. The van der Waals surface area contributed by atoms with Gasteiger partial charge in [-0.3, -0.25) is 4.79 Å². The molecule has 0 saturated heterocycles. The van der Waals surface area contributed by atoms with E-state index in [0.29, 0.717) is 0 Å². The third-order valence-corrected chi connectivity index (χ3v) is 11.0. The summed E-state index contributed by atoms with van der Waals surface area (Å²) in [5, 5.41) is 2.19. The van der Waals surface area contributed by atoms with Gasteiger partial charge in [0.25, 0.3) is 0 Å². The maximum absolute atomic E-state index is 14.2. The number of para-hydroxylation sites is 2. The molecule has 0 saturated carbocycles. The van der Waals surface area contributed by atoms with Gasteiger partial charge in [0.2, 0.25) is 0 Å². The molecule has 0 radical (unpaired) electrons. The Hall–Kier alpha value is -6.97. The van der Waals surface area contributed by atoms with Crippen LogP contribution in [0.1, 0.15) is 27.0 Å². The van der Waals surface area contributed by atoms with Crippen LogP contribution >= 0.6 is 0 Å². The molecule has 1 aliphatic rings. The zero-order valence-electron chi connectivity index (χ0n) is 30.1. The van der Waals surface area contributed by atoms with E-state index in [1.807, 2.05) is 24.3 Å². The number of hydrogen-bond acceptors (Lipinski definition) is 2. The molecule has 9 aromatic rings. The quantitative estimate of drug-likeness (QED) is 0.173. The van der Waals surface area contributed by atoms with Crippen molar-refractivity contribution in [2.45, 2.75) is 13.8 Å². The number of fused-ring (bicyclic) bond motifs is 7. The zero-order valence-corrected chi connectivity index (χ0v) is 30.1. The number of carbonyl (C=O) groups excluding carboxylic acids is 1. The molecule has 1 aromatic heterocycles. The van der Waals surface area contributed by atoms with Crippen molar-refractivity contribution in [3.8, 4) is 39.1 Å². The highest BCUT2D eigenvalue weighted by molar-refractivity contribution is 6.29. The van der Waals surface area contributed by atoms with Crippen LogP contribution in [0, 0.1) is 13.8 Å². The van der Waals surface area contributed by atoms with Crippen molar-refractivity contribution in [2.24, 2.45) is 0 Å². The van der Waals surface area contributed by atoms with Gasteiger partial charge in [-0.1, -0.05) is 133 Å². The zero-order chi connectivity index (χ0) is 36.3. The summed E-state index contributed by atoms with van der Waals surface area (Å²) in [5.41, 5.74) is 17.0. The molecule has 0 spiro atoms. The Morgan fingerprint density at radius 3 is 1.69 bits per heavy atom. The largest absolute Gasteiger partial charge is 0.310 e. The van der Waals surface area contributed by atoms with Crippen LogP contribution in [0.15, 0.2) is 182 Å². The fraction of sp³-hybridized carbons (Fsp3) is 0.0392. The summed E-state index contributed by atoms with van der Waals surface area (Å²) in [5.74, 6) is 0.0823. The number of rotatable bonds is 6. The van der Waals surface area contributed by atoms with Crippen molar-refractivity contribution in [1.82, 2.24) is 4.57 Å². The van der Waals surface area contributed by atoms with Crippen LogP contribution in [0.4, 0.5) is 17.1 Å². The second-order valence-corrected chi connectivity index (χ2v) is 14.2. The molecule has 0 fully saturated rings. The minimum atomic E-state index is 0.0823. The summed E-state index contributed by atoms with van der Waals surface area (Å²) in [6.07, 6.45) is 0. The van der Waals surface area contributed by atoms with E-state index in [4.69, 9.17) is 0 Å². The molecular formula is C51H36N2O. The van der Waals surface area contributed by atoms with E-state index >= 15 is 0 Å². The highest BCUT2D eigenvalue weighted by atomic mass is 16.1. The van der Waals surface area contributed by atoms with Gasteiger partial charge in [0.15, 0.2) is 5.78 Å². The van der Waals surface area contributed by atoms with Crippen molar-refractivity contribution >= 4 is 44.7 Å². The van der Waals surface area contributed by atoms with Crippen LogP contribution in [0.25, 0.3) is 60.9 Å². The lowest BCUT2D eigenvalue weighted by atomic mass is 9.99. The summed E-state index contributed by atoms with van der Waals surface area (Å²) < 4.78 is 2.29. The van der Waals surface area contributed by atoms with Gasteiger partial charge in [-0.15, -0.1) is 0 Å². The van der Waals surface area contributed by atoms with Crippen molar-refractivity contribution < 1.29 is 4.79 Å². The second-order valence-electron chi connectivity index (χ2n) is 14.2. The Bertz CT molecular complexity index is 2850. The summed E-state index contributed by atoms with van der Waals surface area (Å²) in [7, 11) is 0. The van der Waals surface area contributed by atoms with Gasteiger partial charge >= 0.3 is 0 Å². The average Bonchev–Trinajstić information content (AvgIpc) is 3.71. The number of hydrogen-bond donors (Lipinski definition) is 0. The van der Waals surface area contributed by atoms with Gasteiger partial charge in [-0.25, -0.2) is 0 Å². The molecule has 1 heterocycles. The third kappa shape index (κ3) is 5.01. The summed E-state index contributed by atoms with van der Waals surface area (Å²) in [6.45, 7) is 4.33. The smallest absolute Gasteiger partial charge is 0.196 e. The number of nitrogens with zero attached hydrogens (tertiary/aromatic N) is 2. The van der Waals surface area contributed by atoms with Crippen LogP contribution in [-0.4, -0.2) is 10.4 Å². The van der Waals surface area contributed by atoms with Crippen molar-refractivity contribution in [3.63, 3.8) is 0 Å². The summed E-state index contributed by atoms with van der Waals surface area (Å²) in [4.78, 5) is 16.6. The normalized spacial score (nSPS) is 11.9. The maximum Gasteiger partial charge on any atom is 0.196 e. The van der Waals surface area contributed by atoms with E-state index in [0.717, 1.165) is 83.5 Å². The number of aromatic nitrogens is 1. The number of aryl methyl sites for hydroxylation is 2. The minimum Gasteiger partial charge on any atom is -0.310 e. The molecule has 0 N–H and O–H groups in total. The van der Waals surface area contributed by atoms with Crippen LogP contribution in [0.5, 0.6) is 0 Å². The standard InChI is InChI=1S/C51H36N2O/c1-33-12-6-10-18-46(33)52(47-19-11-7-13-34(47)2)39-25-22-37(23-26-39)38-24-31-48-45(32-38)43-30-29-42-41-16-8-9-17-44(41)51(54)49(42)50(43)53(48)40-27-20-36(21-28-40)35-14-4-3-5-15-35/h3-32H,1-2H3. The van der Waals surface area contributed by atoms with E-state index in [9.17, 15) is 4.79 Å². The Labute approximate surface area is 315 Å². The van der Waals surface area contributed by atoms with E-state index in [1.54, 1.807) is 0 Å². The van der Waals surface area contributed by atoms with Crippen molar-refractivity contribution in [3.05, 3.63) is 204 Å². The molecule has 256 valence electrons. The maximum atomic E-state index is 14.2. The Morgan fingerprint density at radius 1 is 0.444 bits per heavy atom. The first-order valence-corrected chi connectivity index (χ1v) is 18.5. The first-order valence-electron chi connectivity index (χ1n) is 18.5. The Kier molecular flexibility index (Phi) is 7.41. The summed E-state index contributed by atoms with van der Waals surface area (Å²) >= 11 is 0. The van der Waals surface area contributed by atoms with Crippen LogP contribution in [0.2, 0.25) is 0 Å². The molecule has 10 rings (SSSR count). The molecule has 54 heavy (non-hydrogen) atoms. The van der Waals surface area contributed by atoms with Gasteiger partial charge in [0.1, 0.15) is 0 Å². The lowest BCUT2D eigenvalue weighted by molar-refractivity contribution is 0.104. The van der Waals surface area contributed by atoms with Crippen LogP contribution < -0.4 is 4.90 Å². The average molecular weight is 693 g/mol. The number of benzene rings is 8. The molecule has 0 bridgehead atoms. The van der Waals surface area contributed by atoms with Gasteiger partial charge in [-0.05, 0) is 107 Å². The van der Waals surface area contributed by atoms with E-state index < -0.39 is 0 Å². The lowest BCUT2D eigenvalue weighted by Crippen LogP contribution is -2.12. The second kappa shape index (κ2) is 12.6. The van der Waals surface area contributed by atoms with Crippen molar-refractivity contribution in [1.29, 1.82) is 0 Å². The summed E-state index contributed by atoms with van der Waals surface area (Å²) in [6, 6.07) is 64.2. The van der Waals surface area contributed by atoms with Crippen LogP contribution in [-0.2, 0) is 0 Å². The molecule has 3 nitrogen and oxygen atoms in total. The van der Waals surface area contributed by atoms with Crippen molar-refractivity contribution in [2.75, 3.05) is 4.90 Å². The highest BCUT2D eigenvalue weighted by Crippen LogP contribution is 2.45. The number of carbonyl (C=O) groups is 1. The van der Waals surface area contributed by atoms with Crippen LogP contribution in [0.3, 0.4) is 0 Å². The molecule has 1 aliphatic carbocycles. The van der Waals surface area contributed by atoms with Gasteiger partial charge in [0, 0.05) is 39.1 Å². The molecular weight excluding hydrogens is 657 g/mol. The topological polar surface area (TPSA) is 25.2 Å². The predicted octanol–water partition coefficient (Wildman–Crippen LogP) is 13.4. The number of ketones is 1. The first kappa shape index (κ1) is 31.7. The number of anilines is 3. The first-order chi connectivity index (χ1) is 26.5. The fourth-order valence-corrected chi connectivity index (χ4v) is 8.33. The molecule has 3 heteroatoms. The van der Waals surface area contributed by atoms with Gasteiger partial charge in [-0.2, -0.15) is 0 Å². The molecule has 0 amide bonds. The lowest BCUT2D eigenvalue weighted by Gasteiger charge is -2.28. The SMILES string of the molecule is Cc1ccccc1N(c1ccc(-c2ccc3c(c2)c2ccc4c(c2n3-c2ccc(-c3ccccc3)cc2)C(=O)c2ccccc2-4)cc1)c1ccccc1C. The molecule has 0 atom stereocenters. The monoisotopic (exact) mass is 692 g/mol. The third-order valence-electron chi connectivity index (χ3n) is 11.0. The Morgan fingerprint density at radius 2 is 1.00 bits per heavy atom. The molecule has 8 aromatic carbocycles.